The van der Waals surface area contributed by atoms with Crippen molar-refractivity contribution in [3.63, 3.8) is 0 Å². The molecule has 2 rings (SSSR count). The van der Waals surface area contributed by atoms with E-state index >= 15 is 0 Å². The minimum atomic E-state index is -0.737. The van der Waals surface area contributed by atoms with Crippen molar-refractivity contribution >= 4 is 55.8 Å². The molecule has 2 aromatic rings. The first-order valence-corrected chi connectivity index (χ1v) is 11.2. The highest BCUT2D eigenvalue weighted by atomic mass is 80.9. The van der Waals surface area contributed by atoms with Crippen LogP contribution in [0.3, 0.4) is 0 Å². The van der Waals surface area contributed by atoms with E-state index in [9.17, 15) is 27.2 Å². The fourth-order valence-electron chi connectivity index (χ4n) is 1.55. The summed E-state index contributed by atoms with van der Waals surface area (Å²) >= 11 is 8.41. The number of hydrogen-bond donors (Lipinski definition) is 0. The molecule has 2 nitrogen and oxygen atoms in total. The lowest BCUT2D eigenvalue weighted by atomic mass is 10.1. The van der Waals surface area contributed by atoms with Crippen LogP contribution in [0.25, 0.3) is 0 Å². The van der Waals surface area contributed by atoms with Gasteiger partial charge in [0, 0.05) is 51.5 Å². The molecule has 0 spiro atoms. The smallest absolute Gasteiger partial charge is 0.173 e. The summed E-state index contributed by atoms with van der Waals surface area (Å²) in [7, 11) is 0. The van der Waals surface area contributed by atoms with E-state index < -0.39 is 23.3 Å². The molecule has 0 amide bonds. The van der Waals surface area contributed by atoms with Gasteiger partial charge < -0.3 is 0 Å². The van der Waals surface area contributed by atoms with Gasteiger partial charge in [0.05, 0.1) is 5.33 Å². The number of rotatable bonds is 3. The molecule has 0 aliphatic heterocycles. The van der Waals surface area contributed by atoms with Gasteiger partial charge in [0.2, 0.25) is 0 Å². The van der Waals surface area contributed by atoms with Crippen molar-refractivity contribution in [2.24, 2.45) is 0 Å². The highest BCUT2D eigenvalue weighted by molar-refractivity contribution is 9.93. The lowest BCUT2D eigenvalue weighted by Gasteiger charge is -1.97. The van der Waals surface area contributed by atoms with E-state index in [2.05, 4.69) is 44.2 Å². The predicted octanol–water partition coefficient (Wildman–Crippen LogP) is 6.40. The topological polar surface area (TPSA) is 34.1 Å². The molecule has 0 radical (unpaired) electrons. The van der Waals surface area contributed by atoms with Crippen LogP contribution in [0.2, 0.25) is 0 Å². The summed E-state index contributed by atoms with van der Waals surface area (Å²) < 4.78 is 49.8. The Bertz CT molecular complexity index is 699. The Hall–Kier alpha value is -1.06. The standard InChI is InChI=1S/C8H5BrF2O.C8H6F2O.Br2/c9-4-8(12)5-1-6(10)3-7(11)2-5;1-5(11)6-2-7(9)4-8(10)3-6;1-2/h1-3H,4H2;2-4H,1H3;. The molecule has 0 atom stereocenters. The van der Waals surface area contributed by atoms with Crippen LogP contribution in [-0.4, -0.2) is 16.9 Å². The highest BCUT2D eigenvalue weighted by Crippen LogP contribution is 2.09. The van der Waals surface area contributed by atoms with Crippen molar-refractivity contribution in [2.75, 3.05) is 5.33 Å². The molecule has 0 unspecified atom stereocenters. The third-order valence-electron chi connectivity index (χ3n) is 2.57. The Labute approximate surface area is 165 Å². The van der Waals surface area contributed by atoms with Crippen LogP contribution in [0.5, 0.6) is 0 Å². The fourth-order valence-corrected chi connectivity index (χ4v) is 1.87. The van der Waals surface area contributed by atoms with Gasteiger partial charge in [0.1, 0.15) is 23.3 Å². The molecule has 2 aromatic carbocycles. The summed E-state index contributed by atoms with van der Waals surface area (Å²) in [6.07, 6.45) is 0. The minimum Gasteiger partial charge on any atom is -0.295 e. The molecule has 0 saturated heterocycles. The molecule has 0 N–H and O–H groups in total. The molecule has 0 aliphatic carbocycles. The second-order valence-corrected chi connectivity index (χ2v) is 4.99. The summed E-state index contributed by atoms with van der Waals surface area (Å²) in [5.74, 6) is -3.61. The Morgan fingerprint density at radius 3 is 1.36 bits per heavy atom. The van der Waals surface area contributed by atoms with E-state index in [0.29, 0.717) is 0 Å². The van der Waals surface area contributed by atoms with Gasteiger partial charge in [-0.1, -0.05) is 15.9 Å². The molecular weight excluding hydrogens is 540 g/mol. The normalized spacial score (nSPS) is 9.28. The third-order valence-corrected chi connectivity index (χ3v) is 3.08. The second kappa shape index (κ2) is 12.3. The van der Waals surface area contributed by atoms with E-state index in [0.717, 1.165) is 36.4 Å². The van der Waals surface area contributed by atoms with Gasteiger partial charge in [-0.05, 0) is 31.2 Å². The number of carbonyl (C=O) groups is 2. The Morgan fingerprint density at radius 2 is 1.08 bits per heavy atom. The molecule has 0 aliphatic rings. The van der Waals surface area contributed by atoms with Crippen molar-refractivity contribution < 1.29 is 27.2 Å². The van der Waals surface area contributed by atoms with Gasteiger partial charge >= 0.3 is 0 Å². The molecule has 136 valence electrons. The van der Waals surface area contributed by atoms with Crippen LogP contribution < -0.4 is 0 Å². The molecule has 0 bridgehead atoms. The zero-order chi connectivity index (χ0) is 19.6. The average molecular weight is 551 g/mol. The highest BCUT2D eigenvalue weighted by Gasteiger charge is 2.07. The van der Waals surface area contributed by atoms with Crippen LogP contribution in [0.4, 0.5) is 17.6 Å². The van der Waals surface area contributed by atoms with Crippen LogP contribution >= 0.6 is 44.2 Å². The molecule has 0 fully saturated rings. The molecule has 0 aromatic heterocycles. The summed E-state index contributed by atoms with van der Waals surface area (Å²) in [6, 6.07) is 5.48. The SMILES string of the molecule is BrBr.CC(=O)c1cc(F)cc(F)c1.O=C(CBr)c1cc(F)cc(F)c1. The van der Waals surface area contributed by atoms with Gasteiger partial charge in [0.15, 0.2) is 11.6 Å². The summed E-state index contributed by atoms with van der Waals surface area (Å²) in [5, 5.41) is 0.0654. The minimum absolute atomic E-state index is 0.0457. The fraction of sp³-hybridized carbons (Fsp3) is 0.125. The van der Waals surface area contributed by atoms with E-state index in [-0.39, 0.29) is 28.0 Å². The molecule has 0 saturated carbocycles. The maximum atomic E-state index is 12.5. The monoisotopic (exact) mass is 548 g/mol. The number of alkyl halides is 1. The van der Waals surface area contributed by atoms with Crippen LogP contribution in [0.15, 0.2) is 36.4 Å². The average Bonchev–Trinajstić information content (AvgIpc) is 2.54. The van der Waals surface area contributed by atoms with Gasteiger partial charge in [-0.3, -0.25) is 9.59 Å². The van der Waals surface area contributed by atoms with E-state index in [1.54, 1.807) is 0 Å². The Morgan fingerprint density at radius 1 is 0.760 bits per heavy atom. The zero-order valence-electron chi connectivity index (χ0n) is 12.6. The summed E-state index contributed by atoms with van der Waals surface area (Å²) in [6.45, 7) is 1.26. The molecule has 0 heterocycles. The second-order valence-electron chi connectivity index (χ2n) is 4.43. The number of halogens is 7. The van der Waals surface area contributed by atoms with E-state index in [1.807, 2.05) is 0 Å². The first-order valence-electron chi connectivity index (χ1n) is 6.39. The summed E-state index contributed by atoms with van der Waals surface area (Å²) in [4.78, 5) is 21.6. The first-order chi connectivity index (χ1) is 11.7. The maximum Gasteiger partial charge on any atom is 0.173 e. The quantitative estimate of drug-likeness (QED) is 0.252. The van der Waals surface area contributed by atoms with Crippen molar-refractivity contribution in [1.29, 1.82) is 0 Å². The van der Waals surface area contributed by atoms with Crippen molar-refractivity contribution in [2.45, 2.75) is 6.92 Å². The van der Waals surface area contributed by atoms with E-state index in [1.165, 1.54) is 6.92 Å². The molecule has 25 heavy (non-hydrogen) atoms. The largest absolute Gasteiger partial charge is 0.295 e. The first kappa shape index (κ1) is 23.9. The van der Waals surface area contributed by atoms with Gasteiger partial charge in [-0.25, -0.2) is 17.6 Å². The number of hydrogen-bond acceptors (Lipinski definition) is 2. The lowest BCUT2D eigenvalue weighted by molar-refractivity contribution is 0.101. The molecule has 9 heteroatoms. The third kappa shape index (κ3) is 9.27. The Balaban J connectivity index is 0.000000421. The van der Waals surface area contributed by atoms with Crippen LogP contribution in [-0.2, 0) is 0 Å². The van der Waals surface area contributed by atoms with Gasteiger partial charge in [-0.2, -0.15) is 0 Å². The van der Waals surface area contributed by atoms with Crippen molar-refractivity contribution in [3.05, 3.63) is 70.8 Å². The number of benzene rings is 2. The summed E-state index contributed by atoms with van der Waals surface area (Å²) in [5.41, 5.74) is 0.104. The van der Waals surface area contributed by atoms with Gasteiger partial charge in [0.25, 0.3) is 0 Å². The number of carbonyl (C=O) groups excluding carboxylic acids is 2. The van der Waals surface area contributed by atoms with Crippen LogP contribution in [0.1, 0.15) is 27.6 Å². The number of Topliss-reactive ketones (excluding diaryl/α,β-unsaturated/α-hetero) is 2. The van der Waals surface area contributed by atoms with Crippen molar-refractivity contribution in [1.82, 2.24) is 0 Å². The van der Waals surface area contributed by atoms with Gasteiger partial charge in [-0.15, -0.1) is 0 Å². The van der Waals surface area contributed by atoms with Crippen molar-refractivity contribution in [3.8, 4) is 0 Å². The Kier molecular flexibility index (Phi) is 11.8. The maximum absolute atomic E-state index is 12.5. The van der Waals surface area contributed by atoms with E-state index in [4.69, 9.17) is 0 Å². The zero-order valence-corrected chi connectivity index (χ0v) is 17.4. The van der Waals surface area contributed by atoms with Crippen LogP contribution in [0, 0.1) is 23.3 Å². The molecular formula is C16H11Br3F4O2. The number of ketones is 2. The lowest BCUT2D eigenvalue weighted by Crippen LogP contribution is -2.01. The predicted molar refractivity (Wildman–Crippen MR) is 98.7 cm³/mol.